The topological polar surface area (TPSA) is 90.5 Å². The molecule has 35 heavy (non-hydrogen) atoms. The number of hydrogen-bond donors (Lipinski definition) is 1. The van der Waals surface area contributed by atoms with Crippen molar-refractivity contribution in [2.45, 2.75) is 52.5 Å². The van der Waals surface area contributed by atoms with Gasteiger partial charge in [0.05, 0.1) is 17.3 Å². The lowest BCUT2D eigenvalue weighted by atomic mass is 10.1. The van der Waals surface area contributed by atoms with Crippen LogP contribution in [-0.4, -0.2) is 28.9 Å². The molecule has 0 aliphatic heterocycles. The fourth-order valence-corrected chi connectivity index (χ4v) is 3.69. The summed E-state index contributed by atoms with van der Waals surface area (Å²) < 4.78 is 42.3. The molecule has 0 saturated heterocycles. The molecular weight excluding hydrogens is 461 g/mol. The van der Waals surface area contributed by atoms with E-state index in [0.717, 1.165) is 12.1 Å². The minimum atomic E-state index is -4.39. The van der Waals surface area contributed by atoms with Gasteiger partial charge in [0.25, 0.3) is 5.56 Å². The first kappa shape index (κ1) is 24.1. The van der Waals surface area contributed by atoms with Crippen molar-refractivity contribution in [1.29, 1.82) is 0 Å². The Balaban J connectivity index is 1.60. The van der Waals surface area contributed by atoms with Crippen molar-refractivity contribution >= 4 is 11.2 Å². The quantitative estimate of drug-likeness (QED) is 0.423. The Labute approximate surface area is 198 Å². The summed E-state index contributed by atoms with van der Waals surface area (Å²) in [5.74, 6) is 6.08. The van der Waals surface area contributed by atoms with Gasteiger partial charge in [0, 0.05) is 24.8 Å². The van der Waals surface area contributed by atoms with Crippen LogP contribution in [0.1, 0.15) is 37.8 Å². The first-order valence-corrected chi connectivity index (χ1v) is 11.1. The number of halogens is 3. The minimum absolute atomic E-state index is 0.200. The predicted molar refractivity (Wildman–Crippen MR) is 125 cm³/mol. The molecule has 8 nitrogen and oxygen atoms in total. The Bertz CT molecular complexity index is 1530. The van der Waals surface area contributed by atoms with E-state index in [1.165, 1.54) is 21.3 Å². The molecule has 4 rings (SSSR count). The first-order chi connectivity index (χ1) is 16.7. The maximum atomic E-state index is 12.9. The van der Waals surface area contributed by atoms with Gasteiger partial charge in [-0.15, -0.1) is 0 Å². The van der Waals surface area contributed by atoms with Crippen LogP contribution in [0.4, 0.5) is 13.2 Å². The zero-order valence-corrected chi connectivity index (χ0v) is 19.2. The van der Waals surface area contributed by atoms with Crippen molar-refractivity contribution in [3.8, 4) is 23.2 Å². The van der Waals surface area contributed by atoms with E-state index in [1.807, 2.05) is 13.8 Å². The van der Waals surface area contributed by atoms with Gasteiger partial charge >= 0.3 is 11.9 Å². The second kappa shape index (κ2) is 9.66. The largest absolute Gasteiger partial charge is 0.416 e. The standard InChI is InChI=1S/C24H23F3N6O2/c1-3-11-32-21-19(22(34)33(12-4-2)23(32)35)29-20(30-21)17-14-28-31(15-17)13-5-6-16-7-9-18(10-8-16)24(25,26)27/h7-10,14-15H,3-4,11-13H2,1-2H3,(H,29,30). The van der Waals surface area contributed by atoms with Gasteiger partial charge < -0.3 is 4.98 Å². The van der Waals surface area contributed by atoms with Gasteiger partial charge in [-0.3, -0.25) is 18.6 Å². The van der Waals surface area contributed by atoms with Crippen LogP contribution in [0.5, 0.6) is 0 Å². The van der Waals surface area contributed by atoms with E-state index in [4.69, 9.17) is 0 Å². The predicted octanol–water partition coefficient (Wildman–Crippen LogP) is 3.64. The molecule has 0 fully saturated rings. The summed E-state index contributed by atoms with van der Waals surface area (Å²) >= 11 is 0. The van der Waals surface area contributed by atoms with Crippen molar-refractivity contribution in [2.75, 3.05) is 0 Å². The average Bonchev–Trinajstić information content (AvgIpc) is 3.47. The lowest BCUT2D eigenvalue weighted by Gasteiger charge is -2.09. The van der Waals surface area contributed by atoms with Crippen molar-refractivity contribution in [3.05, 3.63) is 68.6 Å². The van der Waals surface area contributed by atoms with Gasteiger partial charge in [-0.25, -0.2) is 9.78 Å². The highest BCUT2D eigenvalue weighted by atomic mass is 19.4. The second-order valence-corrected chi connectivity index (χ2v) is 7.98. The molecule has 11 heteroatoms. The molecule has 0 unspecified atom stereocenters. The number of H-pyrrole nitrogens is 1. The van der Waals surface area contributed by atoms with Crippen molar-refractivity contribution in [1.82, 2.24) is 28.9 Å². The number of aromatic amines is 1. The summed E-state index contributed by atoms with van der Waals surface area (Å²) in [4.78, 5) is 33.2. The third-order valence-electron chi connectivity index (χ3n) is 5.35. The van der Waals surface area contributed by atoms with Crippen LogP contribution in [0, 0.1) is 11.8 Å². The molecule has 0 aliphatic carbocycles. The Morgan fingerprint density at radius 1 is 1.03 bits per heavy atom. The highest BCUT2D eigenvalue weighted by Crippen LogP contribution is 2.29. The fraction of sp³-hybridized carbons (Fsp3) is 0.333. The summed E-state index contributed by atoms with van der Waals surface area (Å²) in [7, 11) is 0. The van der Waals surface area contributed by atoms with E-state index in [-0.39, 0.29) is 17.8 Å². The van der Waals surface area contributed by atoms with Gasteiger partial charge in [-0.05, 0) is 37.1 Å². The number of fused-ring (bicyclic) bond motifs is 1. The van der Waals surface area contributed by atoms with Gasteiger partial charge in [-0.2, -0.15) is 18.3 Å². The van der Waals surface area contributed by atoms with Crippen LogP contribution in [0.2, 0.25) is 0 Å². The number of nitrogens with one attached hydrogen (secondary N) is 1. The van der Waals surface area contributed by atoms with Crippen LogP contribution < -0.4 is 11.2 Å². The molecule has 0 bridgehead atoms. The van der Waals surface area contributed by atoms with Crippen LogP contribution in [-0.2, 0) is 25.8 Å². The fourth-order valence-electron chi connectivity index (χ4n) is 3.69. The molecule has 0 radical (unpaired) electrons. The highest BCUT2D eigenvalue weighted by Gasteiger charge is 2.29. The molecule has 1 aromatic carbocycles. The average molecular weight is 484 g/mol. The third-order valence-corrected chi connectivity index (χ3v) is 5.35. The Morgan fingerprint density at radius 3 is 2.37 bits per heavy atom. The molecule has 1 N–H and O–H groups in total. The number of benzene rings is 1. The van der Waals surface area contributed by atoms with Crippen LogP contribution >= 0.6 is 0 Å². The summed E-state index contributed by atoms with van der Waals surface area (Å²) in [5.41, 5.74) is 0.118. The first-order valence-electron chi connectivity index (χ1n) is 11.1. The molecule has 0 spiro atoms. The van der Waals surface area contributed by atoms with Crippen molar-refractivity contribution in [3.63, 3.8) is 0 Å². The zero-order valence-electron chi connectivity index (χ0n) is 19.2. The number of aromatic nitrogens is 6. The van der Waals surface area contributed by atoms with Crippen LogP contribution in [0.3, 0.4) is 0 Å². The normalized spacial score (nSPS) is 11.6. The van der Waals surface area contributed by atoms with Crippen molar-refractivity contribution < 1.29 is 13.2 Å². The van der Waals surface area contributed by atoms with Gasteiger partial charge in [0.15, 0.2) is 5.65 Å². The van der Waals surface area contributed by atoms with Crippen LogP contribution in [0.25, 0.3) is 22.6 Å². The molecule has 0 saturated carbocycles. The SMILES string of the molecule is CCCn1c(=O)c2[nH]c(-c3cnn(CC#Cc4ccc(C(F)(F)F)cc4)c3)nc2n(CCC)c1=O. The molecule has 3 aromatic heterocycles. The summed E-state index contributed by atoms with van der Waals surface area (Å²) in [6.45, 7) is 4.79. The molecule has 0 atom stereocenters. The Morgan fingerprint density at radius 2 is 1.71 bits per heavy atom. The molecular formula is C24H23F3N6O2. The Kier molecular flexibility index (Phi) is 6.64. The Hall–Kier alpha value is -4.07. The summed E-state index contributed by atoms with van der Waals surface area (Å²) in [6.07, 6.45) is 0.212. The monoisotopic (exact) mass is 484 g/mol. The third kappa shape index (κ3) is 4.91. The van der Waals surface area contributed by atoms with Crippen LogP contribution in [0.15, 0.2) is 46.2 Å². The zero-order chi connectivity index (χ0) is 25.2. The van der Waals surface area contributed by atoms with E-state index in [0.29, 0.717) is 48.5 Å². The van der Waals surface area contributed by atoms with E-state index in [1.54, 1.807) is 17.1 Å². The maximum absolute atomic E-state index is 12.9. The number of hydrogen-bond acceptors (Lipinski definition) is 4. The van der Waals surface area contributed by atoms with E-state index < -0.39 is 17.3 Å². The molecule has 4 aromatic rings. The number of aryl methyl sites for hydroxylation is 1. The van der Waals surface area contributed by atoms with Gasteiger partial charge in [0.1, 0.15) is 17.9 Å². The number of rotatable bonds is 6. The minimum Gasteiger partial charge on any atom is -0.332 e. The summed E-state index contributed by atoms with van der Waals surface area (Å²) in [5, 5.41) is 4.24. The number of imidazole rings is 1. The van der Waals surface area contributed by atoms with Crippen molar-refractivity contribution in [2.24, 2.45) is 0 Å². The summed E-state index contributed by atoms with van der Waals surface area (Å²) in [6, 6.07) is 4.62. The number of alkyl halides is 3. The maximum Gasteiger partial charge on any atom is 0.416 e. The second-order valence-electron chi connectivity index (χ2n) is 7.98. The lowest BCUT2D eigenvalue weighted by molar-refractivity contribution is -0.137. The molecule has 182 valence electrons. The molecule has 3 heterocycles. The van der Waals surface area contributed by atoms with Gasteiger partial charge in [0.2, 0.25) is 0 Å². The van der Waals surface area contributed by atoms with E-state index >= 15 is 0 Å². The smallest absolute Gasteiger partial charge is 0.332 e. The van der Waals surface area contributed by atoms with E-state index in [9.17, 15) is 22.8 Å². The molecule has 0 aliphatic rings. The highest BCUT2D eigenvalue weighted by molar-refractivity contribution is 5.75. The number of nitrogens with zero attached hydrogens (tertiary/aromatic N) is 5. The van der Waals surface area contributed by atoms with Gasteiger partial charge in [-0.1, -0.05) is 25.7 Å². The molecule has 0 amide bonds. The lowest BCUT2D eigenvalue weighted by Crippen LogP contribution is -2.40. The van der Waals surface area contributed by atoms with E-state index in [2.05, 4.69) is 26.9 Å².